The highest BCUT2D eigenvalue weighted by Crippen LogP contribution is 2.15. The van der Waals surface area contributed by atoms with Crippen molar-refractivity contribution in [2.24, 2.45) is 0 Å². The highest BCUT2D eigenvalue weighted by atomic mass is 16.4. The molecular formula is C10H7N5O2. The van der Waals surface area contributed by atoms with Gasteiger partial charge in [-0.1, -0.05) is 0 Å². The zero-order chi connectivity index (χ0) is 11.8. The fourth-order valence-electron chi connectivity index (χ4n) is 1.58. The van der Waals surface area contributed by atoms with Crippen LogP contribution >= 0.6 is 0 Å². The van der Waals surface area contributed by atoms with Crippen molar-refractivity contribution in [3.8, 4) is 5.95 Å². The van der Waals surface area contributed by atoms with Crippen LogP contribution in [0.4, 0.5) is 0 Å². The first-order valence-electron chi connectivity index (χ1n) is 4.82. The predicted octanol–water partition coefficient (Wildman–Crippen LogP) is 0.842. The summed E-state index contributed by atoms with van der Waals surface area (Å²) in [5.41, 5.74) is 0.922. The van der Waals surface area contributed by atoms with E-state index < -0.39 is 5.97 Å². The van der Waals surface area contributed by atoms with Crippen LogP contribution in [0.25, 0.3) is 17.0 Å². The van der Waals surface area contributed by atoms with Gasteiger partial charge in [-0.2, -0.15) is 0 Å². The fourth-order valence-corrected chi connectivity index (χ4v) is 1.58. The molecular weight excluding hydrogens is 222 g/mol. The lowest BCUT2D eigenvalue weighted by molar-refractivity contribution is 0.0692. The van der Waals surface area contributed by atoms with E-state index in [1.165, 1.54) is 6.33 Å². The molecule has 0 saturated heterocycles. The van der Waals surface area contributed by atoms with Crippen LogP contribution in [0.3, 0.4) is 0 Å². The van der Waals surface area contributed by atoms with E-state index in [-0.39, 0.29) is 11.6 Å². The molecule has 0 atom stereocenters. The minimum absolute atomic E-state index is 0.0521. The lowest BCUT2D eigenvalue weighted by atomic mass is 10.3. The van der Waals surface area contributed by atoms with Gasteiger partial charge in [0, 0.05) is 18.6 Å². The second-order valence-corrected chi connectivity index (χ2v) is 3.39. The number of H-pyrrole nitrogens is 1. The van der Waals surface area contributed by atoms with Crippen molar-refractivity contribution in [3.05, 3.63) is 36.7 Å². The minimum atomic E-state index is -1.10. The minimum Gasteiger partial charge on any atom is -0.476 e. The van der Waals surface area contributed by atoms with Crippen LogP contribution < -0.4 is 0 Å². The summed E-state index contributed by atoms with van der Waals surface area (Å²) in [6, 6.07) is 1.70. The molecule has 3 aromatic heterocycles. The zero-order valence-electron chi connectivity index (χ0n) is 8.53. The van der Waals surface area contributed by atoms with Gasteiger partial charge in [0.05, 0.1) is 11.0 Å². The molecule has 3 rings (SSSR count). The largest absolute Gasteiger partial charge is 0.476 e. The van der Waals surface area contributed by atoms with E-state index in [2.05, 4.69) is 19.9 Å². The van der Waals surface area contributed by atoms with Crippen molar-refractivity contribution in [3.63, 3.8) is 0 Å². The van der Waals surface area contributed by atoms with Crippen LogP contribution in [0.1, 0.15) is 10.5 Å². The van der Waals surface area contributed by atoms with E-state index in [1.54, 1.807) is 29.2 Å². The van der Waals surface area contributed by atoms with Gasteiger partial charge < -0.3 is 10.1 Å². The summed E-state index contributed by atoms with van der Waals surface area (Å²) in [4.78, 5) is 26.0. The van der Waals surface area contributed by atoms with Gasteiger partial charge in [-0.05, 0) is 6.07 Å². The monoisotopic (exact) mass is 229 g/mol. The molecule has 0 bridgehead atoms. The molecule has 0 radical (unpaired) electrons. The van der Waals surface area contributed by atoms with Gasteiger partial charge in [-0.15, -0.1) is 0 Å². The number of nitrogens with one attached hydrogen (secondary N) is 1. The van der Waals surface area contributed by atoms with Crippen molar-refractivity contribution in [2.45, 2.75) is 0 Å². The van der Waals surface area contributed by atoms with E-state index in [0.717, 1.165) is 0 Å². The van der Waals surface area contributed by atoms with Crippen molar-refractivity contribution in [1.82, 2.24) is 24.5 Å². The number of fused-ring (bicyclic) bond motifs is 1. The summed E-state index contributed by atoms with van der Waals surface area (Å²) in [6.45, 7) is 0. The van der Waals surface area contributed by atoms with Crippen LogP contribution in [0.2, 0.25) is 0 Å². The molecule has 2 N–H and O–H groups in total. The van der Waals surface area contributed by atoms with Crippen LogP contribution in [0.15, 0.2) is 31.0 Å². The molecule has 0 aliphatic carbocycles. The molecule has 7 nitrogen and oxygen atoms in total. The second-order valence-electron chi connectivity index (χ2n) is 3.39. The first kappa shape index (κ1) is 9.52. The number of aromatic amines is 1. The quantitative estimate of drug-likeness (QED) is 0.678. The standard InChI is InChI=1S/C10H7N5O2/c16-9(17)8-7-6(1-2-12-7)13-10(14-8)15-4-3-11-5-15/h1-5,12H,(H,16,17). The lowest BCUT2D eigenvalue weighted by Gasteiger charge is -2.02. The Kier molecular flexibility index (Phi) is 1.91. The van der Waals surface area contributed by atoms with E-state index >= 15 is 0 Å². The first-order chi connectivity index (χ1) is 8.25. The van der Waals surface area contributed by atoms with Crippen molar-refractivity contribution >= 4 is 17.0 Å². The Morgan fingerprint density at radius 3 is 3.00 bits per heavy atom. The summed E-state index contributed by atoms with van der Waals surface area (Å²) >= 11 is 0. The molecule has 0 unspecified atom stereocenters. The Labute approximate surface area is 94.8 Å². The van der Waals surface area contributed by atoms with E-state index in [9.17, 15) is 4.79 Å². The Bertz CT molecular complexity index is 686. The van der Waals surface area contributed by atoms with Crippen molar-refractivity contribution in [1.29, 1.82) is 0 Å². The normalized spacial score (nSPS) is 10.8. The maximum Gasteiger partial charge on any atom is 0.356 e. The number of aromatic nitrogens is 5. The summed E-state index contributed by atoms with van der Waals surface area (Å²) in [7, 11) is 0. The van der Waals surface area contributed by atoms with E-state index in [0.29, 0.717) is 11.0 Å². The molecule has 7 heteroatoms. The SMILES string of the molecule is O=C(O)c1nc(-n2ccnc2)nc2cc[nH]c12. The second kappa shape index (κ2) is 3.41. The molecule has 3 heterocycles. The molecule has 0 fully saturated rings. The third-order valence-electron chi connectivity index (χ3n) is 2.33. The van der Waals surface area contributed by atoms with E-state index in [1.807, 2.05) is 0 Å². The topological polar surface area (TPSA) is 96.7 Å². The number of imidazole rings is 1. The highest BCUT2D eigenvalue weighted by Gasteiger charge is 2.15. The van der Waals surface area contributed by atoms with Crippen LogP contribution in [0, 0.1) is 0 Å². The van der Waals surface area contributed by atoms with Gasteiger partial charge in [0.25, 0.3) is 0 Å². The number of aromatic carboxylic acids is 1. The van der Waals surface area contributed by atoms with Gasteiger partial charge in [-0.3, -0.25) is 4.57 Å². The molecule has 0 aliphatic rings. The maximum atomic E-state index is 11.1. The average Bonchev–Trinajstić information content (AvgIpc) is 2.98. The Hall–Kier alpha value is -2.70. The summed E-state index contributed by atoms with van der Waals surface area (Å²) in [5.74, 6) is -0.812. The van der Waals surface area contributed by atoms with Gasteiger partial charge in [0.1, 0.15) is 6.33 Å². The van der Waals surface area contributed by atoms with Crippen LogP contribution in [0.5, 0.6) is 0 Å². The molecule has 0 spiro atoms. The molecule has 0 amide bonds. The number of carboxylic acids is 1. The van der Waals surface area contributed by atoms with Gasteiger partial charge in [0.2, 0.25) is 5.95 Å². The Morgan fingerprint density at radius 1 is 1.41 bits per heavy atom. The maximum absolute atomic E-state index is 11.1. The fraction of sp³-hybridized carbons (Fsp3) is 0. The van der Waals surface area contributed by atoms with Gasteiger partial charge >= 0.3 is 5.97 Å². The number of hydrogen-bond donors (Lipinski definition) is 2. The summed E-state index contributed by atoms with van der Waals surface area (Å²) in [5, 5.41) is 9.09. The Balaban J connectivity index is 2.31. The molecule has 0 aliphatic heterocycles. The average molecular weight is 229 g/mol. The summed E-state index contributed by atoms with van der Waals surface area (Å²) in [6.07, 6.45) is 6.37. The Morgan fingerprint density at radius 2 is 2.29 bits per heavy atom. The molecule has 0 aromatic carbocycles. The molecule has 0 saturated carbocycles. The van der Waals surface area contributed by atoms with Crippen molar-refractivity contribution in [2.75, 3.05) is 0 Å². The third kappa shape index (κ3) is 1.44. The molecule has 17 heavy (non-hydrogen) atoms. The van der Waals surface area contributed by atoms with E-state index in [4.69, 9.17) is 5.11 Å². The zero-order valence-corrected chi connectivity index (χ0v) is 8.53. The smallest absolute Gasteiger partial charge is 0.356 e. The summed E-state index contributed by atoms with van der Waals surface area (Å²) < 4.78 is 1.55. The van der Waals surface area contributed by atoms with Crippen molar-refractivity contribution < 1.29 is 9.90 Å². The number of hydrogen-bond acceptors (Lipinski definition) is 4. The van der Waals surface area contributed by atoms with Crippen LogP contribution in [-0.2, 0) is 0 Å². The van der Waals surface area contributed by atoms with Gasteiger partial charge in [-0.25, -0.2) is 19.7 Å². The van der Waals surface area contributed by atoms with Gasteiger partial charge in [0.15, 0.2) is 5.69 Å². The van der Waals surface area contributed by atoms with Crippen LogP contribution in [-0.4, -0.2) is 35.6 Å². The molecule has 84 valence electrons. The third-order valence-corrected chi connectivity index (χ3v) is 2.33. The predicted molar refractivity (Wildman–Crippen MR) is 58.0 cm³/mol. The first-order valence-corrected chi connectivity index (χ1v) is 4.82. The lowest BCUT2D eigenvalue weighted by Crippen LogP contribution is -2.07. The number of nitrogens with zero attached hydrogens (tertiary/aromatic N) is 4. The number of carbonyl (C=O) groups is 1. The molecule has 3 aromatic rings. The number of rotatable bonds is 2. The number of carboxylic acid groups (broad SMARTS) is 1. The highest BCUT2D eigenvalue weighted by molar-refractivity contribution is 5.98.